The van der Waals surface area contributed by atoms with E-state index < -0.39 is 0 Å². The van der Waals surface area contributed by atoms with Crippen LogP contribution in [-0.2, 0) is 0 Å². The maximum Gasteiger partial charge on any atom is 0.254 e. The summed E-state index contributed by atoms with van der Waals surface area (Å²) < 4.78 is 1.04. The Bertz CT molecular complexity index is 479. The highest BCUT2D eigenvalue weighted by atomic mass is 79.9. The number of carbonyl (C=O) groups excluding carboxylic acids is 1. The highest BCUT2D eigenvalue weighted by Gasteiger charge is 2.24. The summed E-state index contributed by atoms with van der Waals surface area (Å²) in [5.41, 5.74) is 2.88. The van der Waals surface area contributed by atoms with Crippen LogP contribution in [-0.4, -0.2) is 35.6 Å². The van der Waals surface area contributed by atoms with Crippen molar-refractivity contribution in [2.45, 2.75) is 26.7 Å². The molecule has 1 aromatic carbocycles. The van der Waals surface area contributed by atoms with Crippen LogP contribution in [0.15, 0.2) is 16.6 Å². The number of hydrogen-bond donors (Lipinski definition) is 1. The van der Waals surface area contributed by atoms with Gasteiger partial charge in [0.2, 0.25) is 0 Å². The lowest BCUT2D eigenvalue weighted by molar-refractivity contribution is 0.0650. The number of halogens is 1. The third-order valence-corrected chi connectivity index (χ3v) is 4.75. The molecule has 0 aliphatic carbocycles. The lowest BCUT2D eigenvalue weighted by Crippen LogP contribution is -2.39. The summed E-state index contributed by atoms with van der Waals surface area (Å²) in [5.74, 6) is 0.473. The van der Waals surface area contributed by atoms with Gasteiger partial charge in [-0.2, -0.15) is 0 Å². The van der Waals surface area contributed by atoms with Crippen LogP contribution in [0.4, 0.5) is 0 Å². The van der Waals surface area contributed by atoms with Gasteiger partial charge in [0.1, 0.15) is 0 Å². The molecule has 1 amide bonds. The number of aliphatic hydroxyl groups excluding tert-OH is 1. The number of piperidine rings is 1. The fraction of sp³-hybridized carbons (Fsp3) is 0.533. The van der Waals surface area contributed by atoms with Crippen LogP contribution in [0, 0.1) is 19.8 Å². The Balaban J connectivity index is 2.14. The monoisotopic (exact) mass is 325 g/mol. The second-order valence-corrected chi connectivity index (χ2v) is 6.19. The van der Waals surface area contributed by atoms with E-state index in [1.165, 1.54) is 0 Å². The highest BCUT2D eigenvalue weighted by Crippen LogP contribution is 2.24. The van der Waals surface area contributed by atoms with Crippen molar-refractivity contribution in [3.63, 3.8) is 0 Å². The summed E-state index contributed by atoms with van der Waals surface area (Å²) >= 11 is 3.49. The molecular formula is C15H20BrNO2. The quantitative estimate of drug-likeness (QED) is 0.908. The number of rotatable bonds is 2. The fourth-order valence-corrected chi connectivity index (χ4v) is 2.96. The molecule has 1 aliphatic rings. The van der Waals surface area contributed by atoms with Gasteiger partial charge in [0, 0.05) is 29.7 Å². The van der Waals surface area contributed by atoms with Crippen LogP contribution in [0.3, 0.4) is 0 Å². The average molecular weight is 326 g/mol. The topological polar surface area (TPSA) is 40.5 Å². The molecule has 19 heavy (non-hydrogen) atoms. The van der Waals surface area contributed by atoms with Crippen molar-refractivity contribution in [1.82, 2.24) is 4.90 Å². The standard InChI is InChI=1S/C15H20BrNO2/c1-10-8-14(16)11(2)7-13(10)15(19)17-5-3-12(9-18)4-6-17/h7-8,12,18H,3-6,9H2,1-2H3. The van der Waals surface area contributed by atoms with Crippen LogP contribution < -0.4 is 0 Å². The smallest absolute Gasteiger partial charge is 0.254 e. The zero-order valence-corrected chi connectivity index (χ0v) is 13.0. The Kier molecular flexibility index (Phi) is 4.63. The molecule has 1 saturated heterocycles. The van der Waals surface area contributed by atoms with Gasteiger partial charge >= 0.3 is 0 Å². The summed E-state index contributed by atoms with van der Waals surface area (Å²) in [5, 5.41) is 9.14. The van der Waals surface area contributed by atoms with Gasteiger partial charge in [-0.25, -0.2) is 0 Å². The van der Waals surface area contributed by atoms with Crippen molar-refractivity contribution in [3.8, 4) is 0 Å². The number of likely N-dealkylation sites (tertiary alicyclic amines) is 1. The zero-order chi connectivity index (χ0) is 14.0. The molecule has 1 heterocycles. The minimum Gasteiger partial charge on any atom is -0.396 e. The van der Waals surface area contributed by atoms with Crippen molar-refractivity contribution >= 4 is 21.8 Å². The predicted octanol–water partition coefficient (Wildman–Crippen LogP) is 2.91. The van der Waals surface area contributed by atoms with Gasteiger partial charge in [-0.3, -0.25) is 4.79 Å². The SMILES string of the molecule is Cc1cc(C(=O)N2CCC(CO)CC2)c(C)cc1Br. The molecule has 1 N–H and O–H groups in total. The Morgan fingerprint density at radius 3 is 2.53 bits per heavy atom. The molecule has 0 radical (unpaired) electrons. The Hall–Kier alpha value is -0.870. The van der Waals surface area contributed by atoms with Crippen molar-refractivity contribution in [2.24, 2.45) is 5.92 Å². The molecule has 3 nitrogen and oxygen atoms in total. The van der Waals surface area contributed by atoms with Crippen LogP contribution in [0.5, 0.6) is 0 Å². The molecule has 1 fully saturated rings. The van der Waals surface area contributed by atoms with Gasteiger partial charge in [-0.15, -0.1) is 0 Å². The molecular weight excluding hydrogens is 306 g/mol. The number of nitrogens with zero attached hydrogens (tertiary/aromatic N) is 1. The molecule has 0 saturated carbocycles. The summed E-state index contributed by atoms with van der Waals surface area (Å²) in [6, 6.07) is 3.96. The van der Waals surface area contributed by atoms with E-state index in [1.54, 1.807) is 0 Å². The van der Waals surface area contributed by atoms with E-state index in [4.69, 9.17) is 5.11 Å². The van der Waals surface area contributed by atoms with Crippen molar-refractivity contribution < 1.29 is 9.90 Å². The second-order valence-electron chi connectivity index (χ2n) is 5.33. The largest absolute Gasteiger partial charge is 0.396 e. The molecule has 0 aromatic heterocycles. The van der Waals surface area contributed by atoms with Gasteiger partial charge in [0.15, 0.2) is 0 Å². The van der Waals surface area contributed by atoms with Crippen LogP contribution in [0.2, 0.25) is 0 Å². The van der Waals surface area contributed by atoms with Gasteiger partial charge in [-0.1, -0.05) is 15.9 Å². The number of carbonyl (C=O) groups is 1. The molecule has 104 valence electrons. The number of aryl methyl sites for hydroxylation is 2. The van der Waals surface area contributed by atoms with E-state index in [0.717, 1.165) is 47.1 Å². The fourth-order valence-electron chi connectivity index (χ4n) is 2.50. The van der Waals surface area contributed by atoms with E-state index in [9.17, 15) is 4.79 Å². The number of hydrogen-bond acceptors (Lipinski definition) is 2. The van der Waals surface area contributed by atoms with Crippen molar-refractivity contribution in [3.05, 3.63) is 33.3 Å². The molecule has 2 rings (SSSR count). The van der Waals surface area contributed by atoms with Gasteiger partial charge in [0.05, 0.1) is 0 Å². The van der Waals surface area contributed by atoms with Gasteiger partial charge in [-0.05, 0) is 55.9 Å². The second kappa shape index (κ2) is 6.06. The molecule has 0 unspecified atom stereocenters. The van der Waals surface area contributed by atoms with Crippen LogP contribution in [0.1, 0.15) is 34.3 Å². The summed E-state index contributed by atoms with van der Waals surface area (Å²) in [6.07, 6.45) is 1.80. The Morgan fingerprint density at radius 1 is 1.32 bits per heavy atom. The molecule has 4 heteroatoms. The third kappa shape index (κ3) is 3.18. The minimum absolute atomic E-state index is 0.115. The molecule has 0 atom stereocenters. The van der Waals surface area contributed by atoms with Gasteiger partial charge < -0.3 is 10.0 Å². The van der Waals surface area contributed by atoms with Crippen LogP contribution in [0.25, 0.3) is 0 Å². The molecule has 0 bridgehead atoms. The summed E-state index contributed by atoms with van der Waals surface area (Å²) in [6.45, 7) is 5.70. The average Bonchev–Trinajstić information content (AvgIpc) is 2.42. The Morgan fingerprint density at radius 2 is 1.95 bits per heavy atom. The van der Waals surface area contributed by atoms with E-state index in [1.807, 2.05) is 30.9 Å². The normalized spacial score (nSPS) is 16.7. The maximum atomic E-state index is 12.5. The van der Waals surface area contributed by atoms with E-state index in [2.05, 4.69) is 15.9 Å². The summed E-state index contributed by atoms with van der Waals surface area (Å²) in [7, 11) is 0. The first-order chi connectivity index (χ1) is 9.02. The molecule has 0 spiro atoms. The first-order valence-electron chi connectivity index (χ1n) is 6.69. The third-order valence-electron chi connectivity index (χ3n) is 3.90. The first kappa shape index (κ1) is 14.5. The van der Waals surface area contributed by atoms with Crippen LogP contribution >= 0.6 is 15.9 Å². The lowest BCUT2D eigenvalue weighted by atomic mass is 9.96. The minimum atomic E-state index is 0.115. The summed E-state index contributed by atoms with van der Waals surface area (Å²) in [4.78, 5) is 14.4. The Labute approximate surface area is 122 Å². The highest BCUT2D eigenvalue weighted by molar-refractivity contribution is 9.10. The predicted molar refractivity (Wildman–Crippen MR) is 79.3 cm³/mol. The lowest BCUT2D eigenvalue weighted by Gasteiger charge is -2.31. The number of benzene rings is 1. The van der Waals surface area contributed by atoms with Gasteiger partial charge in [0.25, 0.3) is 5.91 Å². The number of aliphatic hydroxyl groups is 1. The maximum absolute atomic E-state index is 12.5. The van der Waals surface area contributed by atoms with E-state index in [-0.39, 0.29) is 12.5 Å². The van der Waals surface area contributed by atoms with E-state index in [0.29, 0.717) is 5.92 Å². The first-order valence-corrected chi connectivity index (χ1v) is 7.49. The van der Waals surface area contributed by atoms with Crippen molar-refractivity contribution in [2.75, 3.05) is 19.7 Å². The zero-order valence-electron chi connectivity index (χ0n) is 11.4. The number of amides is 1. The molecule has 1 aromatic rings. The molecule has 1 aliphatic heterocycles. The van der Waals surface area contributed by atoms with E-state index >= 15 is 0 Å². The van der Waals surface area contributed by atoms with Crippen molar-refractivity contribution in [1.29, 1.82) is 0 Å².